The Bertz CT molecular complexity index is 504. The third kappa shape index (κ3) is 3.92. The molecule has 0 radical (unpaired) electrons. The van der Waals surface area contributed by atoms with Crippen LogP contribution in [0.25, 0.3) is 0 Å². The van der Waals surface area contributed by atoms with Gasteiger partial charge in [0.1, 0.15) is 0 Å². The van der Waals surface area contributed by atoms with Gasteiger partial charge in [0.15, 0.2) is 0 Å². The fourth-order valence-corrected chi connectivity index (χ4v) is 2.39. The highest BCUT2D eigenvalue weighted by molar-refractivity contribution is 5.14. The summed E-state index contributed by atoms with van der Waals surface area (Å²) in [6.07, 6.45) is 3.86. The summed E-state index contributed by atoms with van der Waals surface area (Å²) in [4.78, 5) is 6.63. The summed E-state index contributed by atoms with van der Waals surface area (Å²) in [6.45, 7) is 7.71. The van der Waals surface area contributed by atoms with E-state index in [0.29, 0.717) is 12.6 Å². The SMILES string of the molecule is CC(C)n1cncc1CN(CCN)Cc1ccccc1. The molecular formula is C16H24N4. The van der Waals surface area contributed by atoms with Gasteiger partial charge >= 0.3 is 0 Å². The van der Waals surface area contributed by atoms with Crippen molar-refractivity contribution < 1.29 is 0 Å². The van der Waals surface area contributed by atoms with E-state index < -0.39 is 0 Å². The smallest absolute Gasteiger partial charge is 0.0951 e. The van der Waals surface area contributed by atoms with Crippen LogP contribution in [0.5, 0.6) is 0 Å². The maximum atomic E-state index is 5.75. The molecule has 4 heteroatoms. The van der Waals surface area contributed by atoms with Crippen LogP contribution in [0.4, 0.5) is 0 Å². The van der Waals surface area contributed by atoms with Crippen molar-refractivity contribution in [1.82, 2.24) is 14.5 Å². The van der Waals surface area contributed by atoms with E-state index >= 15 is 0 Å². The second-order valence-corrected chi connectivity index (χ2v) is 5.37. The van der Waals surface area contributed by atoms with Gasteiger partial charge in [-0.2, -0.15) is 0 Å². The summed E-state index contributed by atoms with van der Waals surface area (Å²) in [6, 6.07) is 10.9. The number of benzene rings is 1. The monoisotopic (exact) mass is 272 g/mol. The number of hydrogen-bond donors (Lipinski definition) is 1. The third-order valence-corrected chi connectivity index (χ3v) is 3.38. The summed E-state index contributed by atoms with van der Waals surface area (Å²) in [5, 5.41) is 0. The average molecular weight is 272 g/mol. The molecule has 0 saturated heterocycles. The van der Waals surface area contributed by atoms with E-state index in [2.05, 4.69) is 52.6 Å². The number of aromatic nitrogens is 2. The molecule has 0 aliphatic rings. The first-order valence-electron chi connectivity index (χ1n) is 7.17. The minimum Gasteiger partial charge on any atom is -0.331 e. The summed E-state index contributed by atoms with van der Waals surface area (Å²) in [5.74, 6) is 0. The minimum absolute atomic E-state index is 0.434. The predicted molar refractivity (Wildman–Crippen MR) is 82.2 cm³/mol. The molecule has 0 aliphatic carbocycles. The van der Waals surface area contributed by atoms with Crippen LogP contribution in [-0.4, -0.2) is 27.5 Å². The van der Waals surface area contributed by atoms with Gasteiger partial charge in [0.25, 0.3) is 0 Å². The zero-order chi connectivity index (χ0) is 14.4. The topological polar surface area (TPSA) is 47.1 Å². The highest BCUT2D eigenvalue weighted by atomic mass is 15.2. The first-order chi connectivity index (χ1) is 9.70. The molecule has 1 heterocycles. The van der Waals surface area contributed by atoms with Crippen molar-refractivity contribution in [3.05, 3.63) is 54.1 Å². The third-order valence-electron chi connectivity index (χ3n) is 3.38. The lowest BCUT2D eigenvalue weighted by Crippen LogP contribution is -2.29. The van der Waals surface area contributed by atoms with Gasteiger partial charge in [0.05, 0.1) is 12.0 Å². The van der Waals surface area contributed by atoms with E-state index in [4.69, 9.17) is 5.73 Å². The van der Waals surface area contributed by atoms with Gasteiger partial charge in [-0.1, -0.05) is 30.3 Å². The Morgan fingerprint density at radius 3 is 2.60 bits per heavy atom. The molecule has 0 unspecified atom stereocenters. The van der Waals surface area contributed by atoms with Gasteiger partial charge in [-0.05, 0) is 19.4 Å². The molecule has 0 saturated carbocycles. The second kappa shape index (κ2) is 7.22. The van der Waals surface area contributed by atoms with Crippen molar-refractivity contribution in [3.63, 3.8) is 0 Å². The Labute approximate surface area is 121 Å². The zero-order valence-electron chi connectivity index (χ0n) is 12.4. The molecule has 2 aromatic rings. The molecule has 0 aliphatic heterocycles. The normalized spacial score (nSPS) is 11.4. The molecule has 0 fully saturated rings. The van der Waals surface area contributed by atoms with Crippen molar-refractivity contribution in [2.45, 2.75) is 33.0 Å². The molecule has 1 aromatic carbocycles. The van der Waals surface area contributed by atoms with Crippen LogP contribution in [0.2, 0.25) is 0 Å². The molecule has 1 aromatic heterocycles. The van der Waals surface area contributed by atoms with Crippen LogP contribution in [0.1, 0.15) is 31.1 Å². The van der Waals surface area contributed by atoms with Crippen molar-refractivity contribution in [2.24, 2.45) is 5.73 Å². The fraction of sp³-hybridized carbons (Fsp3) is 0.438. The standard InChI is InChI=1S/C16H24N4/c1-14(2)20-13-18-10-16(20)12-19(9-8-17)11-15-6-4-3-5-7-15/h3-7,10,13-14H,8-9,11-12,17H2,1-2H3. The number of nitrogens with zero attached hydrogens (tertiary/aromatic N) is 3. The fourth-order valence-electron chi connectivity index (χ4n) is 2.39. The quantitative estimate of drug-likeness (QED) is 0.842. The van der Waals surface area contributed by atoms with Gasteiger partial charge in [-0.25, -0.2) is 4.98 Å². The van der Waals surface area contributed by atoms with Crippen LogP contribution < -0.4 is 5.73 Å². The van der Waals surface area contributed by atoms with Gasteiger partial charge in [-0.3, -0.25) is 4.90 Å². The van der Waals surface area contributed by atoms with Crippen molar-refractivity contribution in [1.29, 1.82) is 0 Å². The summed E-state index contributed by atoms with van der Waals surface area (Å²) < 4.78 is 2.22. The molecule has 4 nitrogen and oxygen atoms in total. The highest BCUT2D eigenvalue weighted by Crippen LogP contribution is 2.13. The Morgan fingerprint density at radius 2 is 1.95 bits per heavy atom. The van der Waals surface area contributed by atoms with E-state index in [1.807, 2.05) is 18.6 Å². The number of nitrogens with two attached hydrogens (primary N) is 1. The second-order valence-electron chi connectivity index (χ2n) is 5.37. The van der Waals surface area contributed by atoms with Crippen LogP contribution >= 0.6 is 0 Å². The molecule has 0 bridgehead atoms. The maximum absolute atomic E-state index is 5.75. The largest absolute Gasteiger partial charge is 0.331 e. The highest BCUT2D eigenvalue weighted by Gasteiger charge is 2.11. The van der Waals surface area contributed by atoms with Gasteiger partial charge in [0.2, 0.25) is 0 Å². The van der Waals surface area contributed by atoms with Crippen LogP contribution in [0.3, 0.4) is 0 Å². The van der Waals surface area contributed by atoms with Crippen LogP contribution in [-0.2, 0) is 13.1 Å². The van der Waals surface area contributed by atoms with Gasteiger partial charge in [0, 0.05) is 38.4 Å². The Kier molecular flexibility index (Phi) is 5.32. The van der Waals surface area contributed by atoms with E-state index in [-0.39, 0.29) is 0 Å². The summed E-state index contributed by atoms with van der Waals surface area (Å²) >= 11 is 0. The van der Waals surface area contributed by atoms with Crippen LogP contribution in [0, 0.1) is 0 Å². The molecule has 0 amide bonds. The van der Waals surface area contributed by atoms with E-state index in [1.165, 1.54) is 11.3 Å². The predicted octanol–water partition coefficient (Wildman–Crippen LogP) is 2.42. The first-order valence-corrected chi connectivity index (χ1v) is 7.17. The van der Waals surface area contributed by atoms with Gasteiger partial charge in [-0.15, -0.1) is 0 Å². The van der Waals surface area contributed by atoms with Crippen LogP contribution in [0.15, 0.2) is 42.9 Å². The Morgan fingerprint density at radius 1 is 1.20 bits per heavy atom. The molecule has 0 atom stereocenters. The average Bonchev–Trinajstić information content (AvgIpc) is 2.88. The van der Waals surface area contributed by atoms with E-state index in [0.717, 1.165) is 19.6 Å². The minimum atomic E-state index is 0.434. The molecule has 2 rings (SSSR count). The van der Waals surface area contributed by atoms with Crippen molar-refractivity contribution in [3.8, 4) is 0 Å². The Balaban J connectivity index is 2.07. The molecule has 0 spiro atoms. The Hall–Kier alpha value is -1.65. The van der Waals surface area contributed by atoms with Gasteiger partial charge < -0.3 is 10.3 Å². The molecular weight excluding hydrogens is 248 g/mol. The zero-order valence-corrected chi connectivity index (χ0v) is 12.4. The first kappa shape index (κ1) is 14.8. The number of imidazole rings is 1. The molecule has 20 heavy (non-hydrogen) atoms. The molecule has 2 N–H and O–H groups in total. The number of rotatable bonds is 7. The lowest BCUT2D eigenvalue weighted by atomic mass is 10.2. The van der Waals surface area contributed by atoms with E-state index in [1.54, 1.807) is 0 Å². The summed E-state index contributed by atoms with van der Waals surface area (Å²) in [5.41, 5.74) is 8.30. The lowest BCUT2D eigenvalue weighted by Gasteiger charge is -2.23. The molecule has 108 valence electrons. The van der Waals surface area contributed by atoms with Crippen molar-refractivity contribution in [2.75, 3.05) is 13.1 Å². The van der Waals surface area contributed by atoms with Crippen molar-refractivity contribution >= 4 is 0 Å². The van der Waals surface area contributed by atoms with E-state index in [9.17, 15) is 0 Å². The maximum Gasteiger partial charge on any atom is 0.0951 e. The summed E-state index contributed by atoms with van der Waals surface area (Å²) in [7, 11) is 0. The number of hydrogen-bond acceptors (Lipinski definition) is 3. The lowest BCUT2D eigenvalue weighted by molar-refractivity contribution is 0.256.